The fourth-order valence-electron chi connectivity index (χ4n) is 1.97. The molecule has 0 aliphatic heterocycles. The number of benzene rings is 1. The van der Waals surface area contributed by atoms with Gasteiger partial charge in [0.15, 0.2) is 0 Å². The van der Waals surface area contributed by atoms with Crippen molar-refractivity contribution < 1.29 is 13.5 Å². The van der Waals surface area contributed by atoms with Crippen LogP contribution in [0.1, 0.15) is 31.9 Å². The largest absolute Gasteiger partial charge is 0.389 e. The lowest BCUT2D eigenvalue weighted by atomic mass is 10.1. The summed E-state index contributed by atoms with van der Waals surface area (Å²) in [6, 6.07) is 6.48. The maximum Gasteiger partial charge on any atom is 0.243 e. The van der Waals surface area contributed by atoms with E-state index in [2.05, 4.69) is 0 Å². The predicted molar refractivity (Wildman–Crippen MR) is 84.5 cm³/mol. The molecule has 0 fully saturated rings. The van der Waals surface area contributed by atoms with Gasteiger partial charge in [-0.1, -0.05) is 19.1 Å². The molecule has 0 aliphatic carbocycles. The maximum absolute atomic E-state index is 12.6. The van der Waals surface area contributed by atoms with Crippen LogP contribution >= 0.6 is 11.8 Å². The number of hydrogen-bond acceptors (Lipinski definition) is 4. The molecule has 1 aromatic carbocycles. The van der Waals surface area contributed by atoms with Crippen molar-refractivity contribution in [2.45, 2.75) is 37.3 Å². The van der Waals surface area contributed by atoms with Gasteiger partial charge in [-0.2, -0.15) is 16.1 Å². The molecule has 2 atom stereocenters. The number of nitrogens with zero attached hydrogens (tertiary/aromatic N) is 1. The van der Waals surface area contributed by atoms with Crippen molar-refractivity contribution in [2.75, 3.05) is 19.1 Å². The van der Waals surface area contributed by atoms with Crippen molar-refractivity contribution in [3.63, 3.8) is 0 Å². The van der Waals surface area contributed by atoms with Gasteiger partial charge in [0.2, 0.25) is 10.0 Å². The summed E-state index contributed by atoms with van der Waals surface area (Å²) >= 11 is 1.64. The summed E-state index contributed by atoms with van der Waals surface area (Å²) in [6.45, 7) is 3.61. The third-order valence-corrected chi connectivity index (χ3v) is 5.99. The summed E-state index contributed by atoms with van der Waals surface area (Å²) in [7, 11) is -1.90. The van der Waals surface area contributed by atoms with Crippen LogP contribution in [0.2, 0.25) is 0 Å². The van der Waals surface area contributed by atoms with Crippen molar-refractivity contribution in [3.8, 4) is 0 Å². The third-order valence-electron chi connectivity index (χ3n) is 3.36. The standard InChI is InChI=1S/C14H23NO3S2/c1-5-13(10-19-4)15(3)20(17,18)14-8-6-7-12(9-14)11(2)16/h6-9,11,13,16H,5,10H2,1-4H3. The summed E-state index contributed by atoms with van der Waals surface area (Å²) in [5.41, 5.74) is 0.609. The van der Waals surface area contributed by atoms with Crippen molar-refractivity contribution in [2.24, 2.45) is 0 Å². The van der Waals surface area contributed by atoms with Crippen molar-refractivity contribution in [3.05, 3.63) is 29.8 Å². The summed E-state index contributed by atoms with van der Waals surface area (Å²) in [4.78, 5) is 0.234. The lowest BCUT2D eigenvalue weighted by Gasteiger charge is -2.26. The molecule has 114 valence electrons. The van der Waals surface area contributed by atoms with Gasteiger partial charge < -0.3 is 5.11 Å². The molecule has 6 heteroatoms. The van der Waals surface area contributed by atoms with Crippen LogP contribution in [0, 0.1) is 0 Å². The molecule has 0 spiro atoms. The Morgan fingerprint density at radius 1 is 1.40 bits per heavy atom. The number of sulfonamides is 1. The predicted octanol–water partition coefficient (Wildman–Crippen LogP) is 2.50. The normalized spacial score (nSPS) is 15.3. The molecule has 0 saturated heterocycles. The second-order valence-electron chi connectivity index (χ2n) is 4.79. The quantitative estimate of drug-likeness (QED) is 0.839. The first-order chi connectivity index (χ1) is 9.34. The maximum atomic E-state index is 12.6. The van der Waals surface area contributed by atoms with Crippen LogP contribution in [0.3, 0.4) is 0 Å². The molecule has 0 aliphatic rings. The van der Waals surface area contributed by atoms with Gasteiger partial charge in [0.05, 0.1) is 11.0 Å². The van der Waals surface area contributed by atoms with Gasteiger partial charge in [-0.25, -0.2) is 8.42 Å². The average Bonchev–Trinajstić information content (AvgIpc) is 2.44. The molecule has 0 aromatic heterocycles. The monoisotopic (exact) mass is 317 g/mol. The van der Waals surface area contributed by atoms with Gasteiger partial charge >= 0.3 is 0 Å². The molecule has 1 aromatic rings. The summed E-state index contributed by atoms with van der Waals surface area (Å²) < 4.78 is 26.7. The van der Waals surface area contributed by atoms with Gasteiger partial charge in [-0.15, -0.1) is 0 Å². The molecule has 1 rings (SSSR count). The zero-order valence-electron chi connectivity index (χ0n) is 12.4. The fraction of sp³-hybridized carbons (Fsp3) is 0.571. The molecule has 0 bridgehead atoms. The van der Waals surface area contributed by atoms with Crippen LogP contribution in [0.15, 0.2) is 29.2 Å². The smallest absolute Gasteiger partial charge is 0.243 e. The second kappa shape index (κ2) is 7.45. The van der Waals surface area contributed by atoms with Gasteiger partial charge in [-0.05, 0) is 37.3 Å². The van der Waals surface area contributed by atoms with E-state index in [-0.39, 0.29) is 10.9 Å². The SMILES string of the molecule is CCC(CSC)N(C)S(=O)(=O)c1cccc(C(C)O)c1. The Labute approximate surface area is 126 Å². The van der Waals surface area contributed by atoms with E-state index >= 15 is 0 Å². The summed E-state index contributed by atoms with van der Waals surface area (Å²) in [6.07, 6.45) is 2.06. The zero-order chi connectivity index (χ0) is 15.3. The lowest BCUT2D eigenvalue weighted by Crippen LogP contribution is -2.38. The van der Waals surface area contributed by atoms with E-state index < -0.39 is 16.1 Å². The first kappa shape index (κ1) is 17.5. The van der Waals surface area contributed by atoms with Gasteiger partial charge in [-0.3, -0.25) is 0 Å². The van der Waals surface area contributed by atoms with E-state index in [0.717, 1.165) is 12.2 Å². The van der Waals surface area contributed by atoms with Gasteiger partial charge in [0.1, 0.15) is 0 Å². The minimum atomic E-state index is -3.52. The second-order valence-corrected chi connectivity index (χ2v) is 7.70. The number of aliphatic hydroxyl groups excluding tert-OH is 1. The van der Waals surface area contributed by atoms with Crippen molar-refractivity contribution in [1.82, 2.24) is 4.31 Å². The lowest BCUT2D eigenvalue weighted by molar-refractivity contribution is 0.199. The van der Waals surface area contributed by atoms with Crippen LogP contribution in [0.5, 0.6) is 0 Å². The Balaban J connectivity index is 3.12. The van der Waals surface area contributed by atoms with E-state index in [0.29, 0.717) is 5.56 Å². The molecule has 4 nitrogen and oxygen atoms in total. The van der Waals surface area contributed by atoms with E-state index in [9.17, 15) is 13.5 Å². The topological polar surface area (TPSA) is 57.6 Å². The van der Waals surface area contributed by atoms with Crippen LogP contribution in [-0.4, -0.2) is 42.9 Å². The minimum Gasteiger partial charge on any atom is -0.389 e. The van der Waals surface area contributed by atoms with Gasteiger partial charge in [0.25, 0.3) is 0 Å². The molecule has 0 amide bonds. The Kier molecular flexibility index (Phi) is 6.51. The van der Waals surface area contributed by atoms with Crippen LogP contribution in [0.4, 0.5) is 0 Å². The molecule has 0 saturated carbocycles. The molecule has 20 heavy (non-hydrogen) atoms. The Morgan fingerprint density at radius 2 is 2.05 bits per heavy atom. The Hall–Kier alpha value is -0.560. The van der Waals surface area contributed by atoms with E-state index in [1.54, 1.807) is 50.0 Å². The molecule has 1 N–H and O–H groups in total. The molecular formula is C14H23NO3S2. The Bertz CT molecular complexity index is 529. The number of thioether (sulfide) groups is 1. The number of rotatable bonds is 7. The molecule has 0 radical (unpaired) electrons. The average molecular weight is 317 g/mol. The first-order valence-electron chi connectivity index (χ1n) is 6.59. The molecule has 0 heterocycles. The highest BCUT2D eigenvalue weighted by atomic mass is 32.2. The van der Waals surface area contributed by atoms with Crippen LogP contribution < -0.4 is 0 Å². The van der Waals surface area contributed by atoms with E-state index in [4.69, 9.17) is 0 Å². The van der Waals surface area contributed by atoms with E-state index in [1.807, 2.05) is 13.2 Å². The summed E-state index contributed by atoms with van der Waals surface area (Å²) in [5, 5.41) is 9.58. The Morgan fingerprint density at radius 3 is 2.55 bits per heavy atom. The zero-order valence-corrected chi connectivity index (χ0v) is 14.0. The highest BCUT2D eigenvalue weighted by Gasteiger charge is 2.27. The summed E-state index contributed by atoms with van der Waals surface area (Å²) in [5.74, 6) is 0.766. The van der Waals surface area contributed by atoms with E-state index in [1.165, 1.54) is 4.31 Å². The minimum absolute atomic E-state index is 0.0230. The number of hydrogen-bond donors (Lipinski definition) is 1. The van der Waals surface area contributed by atoms with Crippen molar-refractivity contribution >= 4 is 21.8 Å². The van der Waals surface area contributed by atoms with Crippen LogP contribution in [0.25, 0.3) is 0 Å². The third kappa shape index (κ3) is 3.97. The molecular weight excluding hydrogens is 294 g/mol. The first-order valence-corrected chi connectivity index (χ1v) is 9.43. The van der Waals surface area contributed by atoms with Gasteiger partial charge in [0, 0.05) is 18.8 Å². The highest BCUT2D eigenvalue weighted by molar-refractivity contribution is 7.98. The molecule has 2 unspecified atom stereocenters. The fourth-order valence-corrected chi connectivity index (χ4v) is 4.39. The number of aliphatic hydroxyl groups is 1. The van der Waals surface area contributed by atoms with Crippen LogP contribution in [-0.2, 0) is 10.0 Å². The highest BCUT2D eigenvalue weighted by Crippen LogP contribution is 2.22. The van der Waals surface area contributed by atoms with Crippen molar-refractivity contribution in [1.29, 1.82) is 0 Å².